The molecule has 0 aliphatic carbocycles. The molecule has 0 spiro atoms. The molecule has 1 nitrogen and oxygen atoms in total. The van der Waals surface area contributed by atoms with Crippen molar-refractivity contribution in [3.05, 3.63) is 27.3 Å². The third-order valence-electron chi connectivity index (χ3n) is 1.78. The fourth-order valence-corrected chi connectivity index (χ4v) is 1.83. The van der Waals surface area contributed by atoms with Crippen molar-refractivity contribution in [2.75, 3.05) is 11.9 Å². The Morgan fingerprint density at radius 3 is 3.00 bits per heavy atom. The molecule has 1 aromatic carbocycles. The van der Waals surface area contributed by atoms with Gasteiger partial charge in [0.05, 0.1) is 0 Å². The van der Waals surface area contributed by atoms with E-state index in [0.717, 1.165) is 6.54 Å². The van der Waals surface area contributed by atoms with Crippen LogP contribution in [0.25, 0.3) is 0 Å². The minimum Gasteiger partial charge on any atom is -0.384 e. The molecular weight excluding hydrogens is 272 g/mol. The molecule has 60 valence electrons. The highest BCUT2D eigenvalue weighted by Crippen LogP contribution is 2.23. The van der Waals surface area contributed by atoms with Gasteiger partial charge in [-0.15, -0.1) is 12.4 Å². The molecular formula is C8H9ClIN. The number of fused-ring (bicyclic) bond motifs is 1. The lowest BCUT2D eigenvalue weighted by molar-refractivity contribution is 1.10. The molecule has 0 saturated heterocycles. The van der Waals surface area contributed by atoms with Crippen LogP contribution in [0.2, 0.25) is 0 Å². The van der Waals surface area contributed by atoms with Gasteiger partial charge in [0.2, 0.25) is 0 Å². The van der Waals surface area contributed by atoms with Crippen LogP contribution in [-0.2, 0) is 6.42 Å². The summed E-state index contributed by atoms with van der Waals surface area (Å²) < 4.78 is 1.33. The van der Waals surface area contributed by atoms with Crippen LogP contribution in [0.3, 0.4) is 0 Å². The third-order valence-corrected chi connectivity index (χ3v) is 2.45. The van der Waals surface area contributed by atoms with Gasteiger partial charge < -0.3 is 5.32 Å². The van der Waals surface area contributed by atoms with Crippen molar-refractivity contribution in [3.63, 3.8) is 0 Å². The number of benzene rings is 1. The van der Waals surface area contributed by atoms with Gasteiger partial charge in [0.25, 0.3) is 0 Å². The van der Waals surface area contributed by atoms with Crippen LogP contribution in [-0.4, -0.2) is 6.54 Å². The summed E-state index contributed by atoms with van der Waals surface area (Å²) >= 11 is 2.35. The fraction of sp³-hybridized carbons (Fsp3) is 0.250. The first kappa shape index (κ1) is 9.13. The molecule has 0 aromatic heterocycles. The maximum absolute atomic E-state index is 3.32. The Morgan fingerprint density at radius 1 is 1.36 bits per heavy atom. The zero-order valence-corrected chi connectivity index (χ0v) is 8.91. The molecule has 0 bridgehead atoms. The van der Waals surface area contributed by atoms with Crippen molar-refractivity contribution in [1.29, 1.82) is 0 Å². The van der Waals surface area contributed by atoms with Gasteiger partial charge in [-0.2, -0.15) is 0 Å². The standard InChI is InChI=1S/C8H8IN.ClH/c9-7-1-2-8-6(5-7)3-4-10-8;/h1-2,5,10H,3-4H2;1H. The molecule has 2 rings (SSSR count). The summed E-state index contributed by atoms with van der Waals surface area (Å²) in [5.41, 5.74) is 2.78. The molecule has 0 amide bonds. The van der Waals surface area contributed by atoms with Gasteiger partial charge >= 0.3 is 0 Å². The topological polar surface area (TPSA) is 12.0 Å². The van der Waals surface area contributed by atoms with Crippen LogP contribution >= 0.6 is 35.0 Å². The highest BCUT2D eigenvalue weighted by Gasteiger charge is 2.08. The second kappa shape index (κ2) is 3.63. The van der Waals surface area contributed by atoms with E-state index in [-0.39, 0.29) is 12.4 Å². The second-order valence-corrected chi connectivity index (χ2v) is 3.72. The van der Waals surface area contributed by atoms with E-state index in [1.807, 2.05) is 0 Å². The molecule has 1 aliphatic heterocycles. The summed E-state index contributed by atoms with van der Waals surface area (Å²) in [6.07, 6.45) is 1.19. The summed E-state index contributed by atoms with van der Waals surface area (Å²) in [7, 11) is 0. The Labute approximate surface area is 86.1 Å². The zero-order valence-electron chi connectivity index (χ0n) is 5.93. The molecule has 0 saturated carbocycles. The molecule has 11 heavy (non-hydrogen) atoms. The van der Waals surface area contributed by atoms with Gasteiger partial charge in [-0.3, -0.25) is 0 Å². The molecule has 0 unspecified atom stereocenters. The maximum atomic E-state index is 3.32. The van der Waals surface area contributed by atoms with Crippen LogP contribution in [0.15, 0.2) is 18.2 Å². The van der Waals surface area contributed by atoms with Gasteiger partial charge in [-0.05, 0) is 52.8 Å². The van der Waals surface area contributed by atoms with E-state index in [9.17, 15) is 0 Å². The zero-order chi connectivity index (χ0) is 6.97. The number of anilines is 1. The Bertz CT molecular complexity index is 262. The van der Waals surface area contributed by atoms with Crippen LogP contribution < -0.4 is 5.32 Å². The van der Waals surface area contributed by atoms with Gasteiger partial charge in [0.15, 0.2) is 0 Å². The largest absolute Gasteiger partial charge is 0.384 e. The van der Waals surface area contributed by atoms with Crippen molar-refractivity contribution in [2.45, 2.75) is 6.42 Å². The average Bonchev–Trinajstić information content (AvgIpc) is 2.33. The summed E-state index contributed by atoms with van der Waals surface area (Å²) in [6, 6.07) is 6.54. The Balaban J connectivity index is 0.000000605. The Hall–Kier alpha value is 0.0400. The summed E-state index contributed by atoms with van der Waals surface area (Å²) in [5, 5.41) is 3.32. The smallest absolute Gasteiger partial charge is 0.0374 e. The summed E-state index contributed by atoms with van der Waals surface area (Å²) in [4.78, 5) is 0. The Morgan fingerprint density at radius 2 is 2.18 bits per heavy atom. The van der Waals surface area contributed by atoms with Gasteiger partial charge in [-0.1, -0.05) is 0 Å². The number of hydrogen-bond acceptors (Lipinski definition) is 1. The number of hydrogen-bond donors (Lipinski definition) is 1. The lowest BCUT2D eigenvalue weighted by Crippen LogP contribution is -1.90. The highest BCUT2D eigenvalue weighted by atomic mass is 127. The minimum absolute atomic E-state index is 0. The third kappa shape index (κ3) is 1.79. The predicted octanol–water partition coefficient (Wildman–Crippen LogP) is 2.68. The average molecular weight is 282 g/mol. The number of nitrogens with one attached hydrogen (secondary N) is 1. The quantitative estimate of drug-likeness (QED) is 0.721. The van der Waals surface area contributed by atoms with Gasteiger partial charge in [0.1, 0.15) is 0 Å². The first-order valence-corrected chi connectivity index (χ1v) is 4.46. The van der Waals surface area contributed by atoms with Crippen molar-refractivity contribution >= 4 is 40.7 Å². The molecule has 1 aromatic rings. The van der Waals surface area contributed by atoms with Crippen LogP contribution in [0, 0.1) is 3.57 Å². The monoisotopic (exact) mass is 281 g/mol. The van der Waals surface area contributed by atoms with Crippen LogP contribution in [0.1, 0.15) is 5.56 Å². The second-order valence-electron chi connectivity index (χ2n) is 2.48. The van der Waals surface area contributed by atoms with Crippen LogP contribution in [0.5, 0.6) is 0 Å². The molecule has 0 atom stereocenters. The van der Waals surface area contributed by atoms with Crippen molar-refractivity contribution in [2.24, 2.45) is 0 Å². The van der Waals surface area contributed by atoms with Crippen molar-refractivity contribution < 1.29 is 0 Å². The number of halogens is 2. The predicted molar refractivity (Wildman–Crippen MR) is 58.6 cm³/mol. The molecule has 0 radical (unpaired) electrons. The lowest BCUT2D eigenvalue weighted by Gasteiger charge is -1.97. The lowest BCUT2D eigenvalue weighted by atomic mass is 10.2. The fourth-order valence-electron chi connectivity index (χ4n) is 1.27. The molecule has 1 heterocycles. The van der Waals surface area contributed by atoms with E-state index < -0.39 is 0 Å². The highest BCUT2D eigenvalue weighted by molar-refractivity contribution is 14.1. The summed E-state index contributed by atoms with van der Waals surface area (Å²) in [5.74, 6) is 0. The van der Waals surface area contributed by atoms with Crippen molar-refractivity contribution in [1.82, 2.24) is 0 Å². The molecule has 1 N–H and O–H groups in total. The van der Waals surface area contributed by atoms with E-state index in [2.05, 4.69) is 46.1 Å². The normalized spacial score (nSPS) is 13.2. The van der Waals surface area contributed by atoms with E-state index in [0.29, 0.717) is 0 Å². The SMILES string of the molecule is Cl.Ic1ccc2c(c1)CCN2. The Kier molecular flexibility index (Phi) is 3.01. The van der Waals surface area contributed by atoms with Crippen molar-refractivity contribution in [3.8, 4) is 0 Å². The number of rotatable bonds is 0. The van der Waals surface area contributed by atoms with E-state index in [1.54, 1.807) is 0 Å². The van der Waals surface area contributed by atoms with E-state index in [4.69, 9.17) is 0 Å². The molecule has 3 heteroatoms. The first-order chi connectivity index (χ1) is 4.86. The molecule has 1 aliphatic rings. The maximum Gasteiger partial charge on any atom is 0.0374 e. The first-order valence-electron chi connectivity index (χ1n) is 3.38. The minimum atomic E-state index is 0. The van der Waals surface area contributed by atoms with Gasteiger partial charge in [-0.25, -0.2) is 0 Å². The van der Waals surface area contributed by atoms with Crippen LogP contribution in [0.4, 0.5) is 5.69 Å². The van der Waals surface area contributed by atoms with E-state index >= 15 is 0 Å². The van der Waals surface area contributed by atoms with E-state index in [1.165, 1.54) is 21.2 Å². The summed E-state index contributed by atoms with van der Waals surface area (Å²) in [6.45, 7) is 1.11. The van der Waals surface area contributed by atoms with Gasteiger partial charge in [0, 0.05) is 15.8 Å². The molecule has 0 fully saturated rings.